The molecule has 0 saturated heterocycles. The third kappa shape index (κ3) is 1.80. The Labute approximate surface area is 112 Å². The highest BCUT2D eigenvalue weighted by Crippen LogP contribution is 2.61. The van der Waals surface area contributed by atoms with Gasteiger partial charge in [0.2, 0.25) is 0 Å². The van der Waals surface area contributed by atoms with Crippen molar-refractivity contribution in [1.29, 1.82) is 0 Å². The van der Waals surface area contributed by atoms with Crippen LogP contribution >= 0.6 is 0 Å². The molecule has 0 amide bonds. The van der Waals surface area contributed by atoms with Crippen molar-refractivity contribution in [1.82, 2.24) is 0 Å². The minimum Gasteiger partial charge on any atom is -0.327 e. The van der Waals surface area contributed by atoms with Gasteiger partial charge in [-0.15, -0.1) is 0 Å². The van der Waals surface area contributed by atoms with E-state index in [1.54, 1.807) is 0 Å². The molecule has 0 heterocycles. The minimum absolute atomic E-state index is 0.316. The highest BCUT2D eigenvalue weighted by atomic mass is 14.8. The lowest BCUT2D eigenvalue weighted by molar-refractivity contribution is -0.0512. The molecule has 1 aromatic carbocycles. The summed E-state index contributed by atoms with van der Waals surface area (Å²) in [5.41, 5.74) is 8.36. The Balaban J connectivity index is 2.39. The molecule has 1 saturated carbocycles. The fourth-order valence-corrected chi connectivity index (χ4v) is 4.24. The number of rotatable bonds is 4. The molecule has 1 aliphatic carbocycles. The van der Waals surface area contributed by atoms with Gasteiger partial charge in [-0.2, -0.15) is 0 Å². The van der Waals surface area contributed by atoms with Crippen molar-refractivity contribution in [3.05, 3.63) is 35.9 Å². The summed E-state index contributed by atoms with van der Waals surface area (Å²) >= 11 is 0. The van der Waals surface area contributed by atoms with Gasteiger partial charge in [0.1, 0.15) is 0 Å². The molecule has 0 radical (unpaired) electrons. The summed E-state index contributed by atoms with van der Waals surface area (Å²) in [5, 5.41) is 0. The maximum absolute atomic E-state index is 6.55. The van der Waals surface area contributed by atoms with Gasteiger partial charge in [0.15, 0.2) is 0 Å². The molecule has 1 heteroatoms. The van der Waals surface area contributed by atoms with Gasteiger partial charge < -0.3 is 5.73 Å². The first-order valence-corrected chi connectivity index (χ1v) is 7.39. The second kappa shape index (κ2) is 5.05. The van der Waals surface area contributed by atoms with Gasteiger partial charge in [-0.05, 0) is 41.6 Å². The maximum Gasteiger partial charge on any atom is 0.0138 e. The van der Waals surface area contributed by atoms with E-state index < -0.39 is 0 Å². The topological polar surface area (TPSA) is 26.0 Å². The summed E-state index contributed by atoms with van der Waals surface area (Å²) in [6, 6.07) is 11.3. The van der Waals surface area contributed by atoms with E-state index >= 15 is 0 Å². The predicted molar refractivity (Wildman–Crippen MR) is 78.5 cm³/mol. The van der Waals surface area contributed by atoms with Crippen LogP contribution in [0.5, 0.6) is 0 Å². The van der Waals surface area contributed by atoms with E-state index in [-0.39, 0.29) is 0 Å². The van der Waals surface area contributed by atoms with E-state index in [1.807, 2.05) is 0 Å². The second-order valence-electron chi connectivity index (χ2n) is 6.18. The molecule has 1 fully saturated rings. The quantitative estimate of drug-likeness (QED) is 0.845. The van der Waals surface area contributed by atoms with Crippen molar-refractivity contribution in [3.8, 4) is 0 Å². The lowest BCUT2D eigenvalue weighted by atomic mass is 9.44. The van der Waals surface area contributed by atoms with Crippen molar-refractivity contribution in [2.45, 2.75) is 52.5 Å². The average molecular weight is 245 g/mol. The van der Waals surface area contributed by atoms with Crippen LogP contribution < -0.4 is 5.73 Å². The summed E-state index contributed by atoms with van der Waals surface area (Å²) in [5.74, 6) is 1.94. The van der Waals surface area contributed by atoms with Gasteiger partial charge >= 0.3 is 0 Å². The SMILES string of the molecule is CCC1(CC)C(N)C(C(C)C)C1c1ccccc1. The largest absolute Gasteiger partial charge is 0.327 e. The molecule has 1 aliphatic rings. The van der Waals surface area contributed by atoms with E-state index in [0.29, 0.717) is 29.2 Å². The minimum atomic E-state index is 0.316. The monoisotopic (exact) mass is 245 g/mol. The molecule has 3 atom stereocenters. The first-order valence-electron chi connectivity index (χ1n) is 7.39. The lowest BCUT2D eigenvalue weighted by Gasteiger charge is -2.62. The molecule has 0 bridgehead atoms. The van der Waals surface area contributed by atoms with E-state index in [0.717, 1.165) is 0 Å². The Morgan fingerprint density at radius 1 is 1.11 bits per heavy atom. The molecule has 0 spiro atoms. The number of benzene rings is 1. The molecule has 18 heavy (non-hydrogen) atoms. The Hall–Kier alpha value is -0.820. The summed E-state index contributed by atoms with van der Waals surface area (Å²) in [4.78, 5) is 0. The van der Waals surface area contributed by atoms with Gasteiger partial charge in [-0.1, -0.05) is 58.0 Å². The fraction of sp³-hybridized carbons (Fsp3) is 0.647. The third-order valence-electron chi connectivity index (χ3n) is 5.33. The highest BCUT2D eigenvalue weighted by Gasteiger charge is 2.58. The molecule has 100 valence electrons. The van der Waals surface area contributed by atoms with Gasteiger partial charge in [0.05, 0.1) is 0 Å². The van der Waals surface area contributed by atoms with Gasteiger partial charge in [-0.25, -0.2) is 0 Å². The fourth-order valence-electron chi connectivity index (χ4n) is 4.24. The van der Waals surface area contributed by atoms with Crippen molar-refractivity contribution in [3.63, 3.8) is 0 Å². The smallest absolute Gasteiger partial charge is 0.0138 e. The van der Waals surface area contributed by atoms with Gasteiger partial charge in [0.25, 0.3) is 0 Å². The molecule has 1 nitrogen and oxygen atoms in total. The van der Waals surface area contributed by atoms with Crippen LogP contribution in [-0.2, 0) is 0 Å². The lowest BCUT2D eigenvalue weighted by Crippen LogP contribution is -2.64. The van der Waals surface area contributed by atoms with E-state index in [1.165, 1.54) is 18.4 Å². The third-order valence-corrected chi connectivity index (χ3v) is 5.33. The van der Waals surface area contributed by atoms with Crippen LogP contribution in [0.2, 0.25) is 0 Å². The maximum atomic E-state index is 6.55. The van der Waals surface area contributed by atoms with Crippen molar-refractivity contribution in [2.24, 2.45) is 23.0 Å². The summed E-state index contributed by atoms with van der Waals surface area (Å²) in [6.45, 7) is 9.23. The van der Waals surface area contributed by atoms with Crippen molar-refractivity contribution < 1.29 is 0 Å². The highest BCUT2D eigenvalue weighted by molar-refractivity contribution is 5.30. The first kappa shape index (κ1) is 13.6. The van der Waals surface area contributed by atoms with Crippen LogP contribution in [0.25, 0.3) is 0 Å². The van der Waals surface area contributed by atoms with Crippen LogP contribution in [-0.4, -0.2) is 6.04 Å². The zero-order valence-corrected chi connectivity index (χ0v) is 12.2. The molecular formula is C17H27N. The van der Waals surface area contributed by atoms with Crippen LogP contribution in [0.3, 0.4) is 0 Å². The molecule has 0 aromatic heterocycles. The number of hydrogen-bond donors (Lipinski definition) is 1. The molecular weight excluding hydrogens is 218 g/mol. The van der Waals surface area contributed by atoms with Crippen LogP contribution in [0, 0.1) is 17.3 Å². The normalized spacial score (nSPS) is 30.2. The summed E-state index contributed by atoms with van der Waals surface area (Å²) in [6.07, 6.45) is 2.38. The number of nitrogens with two attached hydrogens (primary N) is 1. The zero-order chi connectivity index (χ0) is 13.3. The van der Waals surface area contributed by atoms with Gasteiger partial charge in [-0.3, -0.25) is 0 Å². The number of hydrogen-bond acceptors (Lipinski definition) is 1. The molecule has 1 aromatic rings. The molecule has 0 aliphatic heterocycles. The average Bonchev–Trinajstić information content (AvgIpc) is 2.38. The Kier molecular flexibility index (Phi) is 3.82. The second-order valence-corrected chi connectivity index (χ2v) is 6.18. The summed E-state index contributed by atoms with van der Waals surface area (Å²) < 4.78 is 0. The van der Waals surface area contributed by atoms with Crippen molar-refractivity contribution >= 4 is 0 Å². The van der Waals surface area contributed by atoms with E-state index in [4.69, 9.17) is 5.73 Å². The predicted octanol–water partition coefficient (Wildman–Crippen LogP) is 4.19. The summed E-state index contributed by atoms with van der Waals surface area (Å²) in [7, 11) is 0. The van der Waals surface area contributed by atoms with E-state index in [2.05, 4.69) is 58.0 Å². The first-order chi connectivity index (χ1) is 8.58. The van der Waals surface area contributed by atoms with Crippen LogP contribution in [0.1, 0.15) is 52.0 Å². The molecule has 2 rings (SSSR count). The van der Waals surface area contributed by atoms with E-state index in [9.17, 15) is 0 Å². The standard InChI is InChI=1S/C17H27N/c1-5-17(6-2)15(13-10-8-7-9-11-13)14(12(3)4)16(17)18/h7-12,14-16H,5-6,18H2,1-4H3. The zero-order valence-electron chi connectivity index (χ0n) is 12.2. The Bertz CT molecular complexity index is 378. The van der Waals surface area contributed by atoms with Crippen LogP contribution in [0.15, 0.2) is 30.3 Å². The molecule has 2 N–H and O–H groups in total. The Morgan fingerprint density at radius 3 is 2.11 bits per heavy atom. The van der Waals surface area contributed by atoms with Gasteiger partial charge in [0, 0.05) is 6.04 Å². The van der Waals surface area contributed by atoms with Crippen LogP contribution in [0.4, 0.5) is 0 Å². The Morgan fingerprint density at radius 2 is 1.67 bits per heavy atom. The van der Waals surface area contributed by atoms with Crippen molar-refractivity contribution in [2.75, 3.05) is 0 Å². The molecule has 3 unspecified atom stereocenters.